The number of amides is 2. The number of rotatable bonds is 13. The predicted octanol–water partition coefficient (Wildman–Crippen LogP) is 4.89. The zero-order chi connectivity index (χ0) is 26.3. The van der Waals surface area contributed by atoms with E-state index >= 15 is 0 Å². The van der Waals surface area contributed by atoms with Crippen molar-refractivity contribution >= 4 is 29.5 Å². The summed E-state index contributed by atoms with van der Waals surface area (Å²) in [5.41, 5.74) is 1.02. The van der Waals surface area contributed by atoms with Crippen molar-refractivity contribution in [3.63, 3.8) is 0 Å². The highest BCUT2D eigenvalue weighted by Gasteiger charge is 2.14. The lowest BCUT2D eigenvalue weighted by molar-refractivity contribution is -0.384. The Morgan fingerprint density at radius 3 is 2.31 bits per heavy atom. The summed E-state index contributed by atoms with van der Waals surface area (Å²) in [7, 11) is 0. The number of ether oxygens (including phenoxy) is 3. The van der Waals surface area contributed by atoms with Gasteiger partial charge in [-0.3, -0.25) is 14.9 Å². The summed E-state index contributed by atoms with van der Waals surface area (Å²) < 4.78 is 14.9. The van der Waals surface area contributed by atoms with Gasteiger partial charge in [-0.25, -0.2) is 9.59 Å². The molecule has 2 rings (SSSR count). The number of nitrogens with zero attached hydrogens (tertiary/aromatic N) is 1. The number of hydrogen-bond acceptors (Lipinski definition) is 8. The monoisotopic (exact) mass is 497 g/mol. The van der Waals surface area contributed by atoms with Crippen LogP contribution in [0.4, 0.5) is 21.0 Å². The number of hydrogen-bond donors (Lipinski definition) is 2. The van der Waals surface area contributed by atoms with Crippen LogP contribution >= 0.6 is 0 Å². The molecule has 0 saturated carbocycles. The molecule has 2 aromatic carbocycles. The van der Waals surface area contributed by atoms with Gasteiger partial charge in [-0.1, -0.05) is 30.9 Å². The maximum Gasteiger partial charge on any atom is 0.514 e. The zero-order valence-corrected chi connectivity index (χ0v) is 19.5. The molecule has 0 spiro atoms. The Hall–Kier alpha value is -4.67. The number of nitro benzene ring substituents is 1. The molecule has 0 aliphatic rings. The van der Waals surface area contributed by atoms with Gasteiger partial charge < -0.3 is 24.8 Å². The first kappa shape index (κ1) is 27.6. The molecule has 0 aromatic heterocycles. The van der Waals surface area contributed by atoms with Crippen molar-refractivity contribution in [3.05, 3.63) is 89.5 Å². The van der Waals surface area contributed by atoms with Gasteiger partial charge >= 0.3 is 18.2 Å². The molecular weight excluding hydrogens is 470 g/mol. The second-order valence-corrected chi connectivity index (χ2v) is 7.42. The number of anilines is 1. The van der Waals surface area contributed by atoms with Crippen molar-refractivity contribution < 1.29 is 33.5 Å². The van der Waals surface area contributed by atoms with Crippen LogP contribution in [0.15, 0.2) is 73.8 Å². The van der Waals surface area contributed by atoms with Crippen LogP contribution in [0, 0.1) is 10.1 Å². The maximum atomic E-state index is 12.3. The number of esters is 1. The molecule has 36 heavy (non-hydrogen) atoms. The summed E-state index contributed by atoms with van der Waals surface area (Å²) in [4.78, 5) is 45.9. The number of nitro groups is 1. The third kappa shape index (κ3) is 10.1. The minimum absolute atomic E-state index is 0.0817. The summed E-state index contributed by atoms with van der Waals surface area (Å²) in [6, 6.07) is 10.8. The number of carbonyl (C=O) groups excluding carboxylic acids is 3. The molecule has 0 unspecified atom stereocenters. The lowest BCUT2D eigenvalue weighted by Crippen LogP contribution is -2.38. The molecule has 0 heterocycles. The van der Waals surface area contributed by atoms with E-state index < -0.39 is 17.1 Å². The molecule has 0 aliphatic carbocycles. The molecule has 2 N–H and O–H groups in total. The van der Waals surface area contributed by atoms with Crippen molar-refractivity contribution in [2.75, 3.05) is 11.9 Å². The van der Waals surface area contributed by atoms with Gasteiger partial charge in [-0.15, -0.1) is 6.58 Å². The molecule has 0 bridgehead atoms. The van der Waals surface area contributed by atoms with Crippen molar-refractivity contribution in [1.82, 2.24) is 5.32 Å². The summed E-state index contributed by atoms with van der Waals surface area (Å²) in [6.45, 7) is 7.21. The molecule has 11 nitrogen and oxygen atoms in total. The highest BCUT2D eigenvalue weighted by atomic mass is 16.7. The fourth-order valence-electron chi connectivity index (χ4n) is 2.91. The Labute approximate surface area is 207 Å². The molecule has 0 radical (unpaired) electrons. The van der Waals surface area contributed by atoms with Gasteiger partial charge in [0.15, 0.2) is 0 Å². The molecule has 2 amide bonds. The number of benzene rings is 2. The standard InChI is InChI=1S/C25H27N3O8/c1-3-5-19(10-15-23(29)34-16-4-2)26-24(30)27-20-8-6-18(7-9-20)17-35-25(31)36-22-13-11-21(12-14-22)28(32)33/h3-4,6-9,11-14,19H,1-2,5,10,15-17H2,(H2,26,27,30)/t19-/m1/s1. The van der Waals surface area contributed by atoms with E-state index in [2.05, 4.69) is 23.8 Å². The Morgan fingerprint density at radius 1 is 1.00 bits per heavy atom. The fraction of sp³-hybridized carbons (Fsp3) is 0.240. The maximum absolute atomic E-state index is 12.3. The predicted molar refractivity (Wildman–Crippen MR) is 131 cm³/mol. The average molecular weight is 498 g/mol. The first-order chi connectivity index (χ1) is 17.3. The Bertz CT molecular complexity index is 1070. The van der Waals surface area contributed by atoms with Crippen LogP contribution in [-0.4, -0.2) is 35.7 Å². The van der Waals surface area contributed by atoms with Crippen molar-refractivity contribution in [2.45, 2.75) is 31.9 Å². The van der Waals surface area contributed by atoms with Crippen molar-refractivity contribution in [3.8, 4) is 5.75 Å². The van der Waals surface area contributed by atoms with Crippen molar-refractivity contribution in [1.29, 1.82) is 0 Å². The lowest BCUT2D eigenvalue weighted by atomic mass is 10.1. The van der Waals surface area contributed by atoms with E-state index in [4.69, 9.17) is 14.2 Å². The molecule has 2 aromatic rings. The van der Waals surface area contributed by atoms with E-state index in [0.29, 0.717) is 24.1 Å². The van der Waals surface area contributed by atoms with Crippen LogP contribution in [0.3, 0.4) is 0 Å². The van der Waals surface area contributed by atoms with E-state index in [9.17, 15) is 24.5 Å². The second-order valence-electron chi connectivity index (χ2n) is 7.42. The molecule has 0 aliphatic heterocycles. The zero-order valence-electron chi connectivity index (χ0n) is 19.5. The molecule has 190 valence electrons. The SMILES string of the molecule is C=CCOC(=O)CC[C@@H](CC=C)NC(=O)Nc1ccc(COC(=O)Oc2ccc([N+](=O)[O-])cc2)cc1. The van der Waals surface area contributed by atoms with Gasteiger partial charge in [-0.2, -0.15) is 0 Å². The first-order valence-electron chi connectivity index (χ1n) is 10.9. The molecule has 1 atom stereocenters. The Balaban J connectivity index is 1.78. The van der Waals surface area contributed by atoms with Crippen molar-refractivity contribution in [2.24, 2.45) is 0 Å². The van der Waals surface area contributed by atoms with E-state index in [1.54, 1.807) is 30.3 Å². The molecule has 11 heteroatoms. The van der Waals surface area contributed by atoms with Gasteiger partial charge in [0, 0.05) is 30.3 Å². The second kappa shape index (κ2) is 14.6. The minimum Gasteiger partial charge on any atom is -0.461 e. The number of non-ortho nitro benzene ring substituents is 1. The Kier molecular flexibility index (Phi) is 11.2. The number of urea groups is 1. The largest absolute Gasteiger partial charge is 0.514 e. The van der Waals surface area contributed by atoms with Crippen LogP contribution in [0.2, 0.25) is 0 Å². The molecule has 0 fully saturated rings. The summed E-state index contributed by atoms with van der Waals surface area (Å²) in [6.07, 6.45) is 3.19. The fourth-order valence-corrected chi connectivity index (χ4v) is 2.91. The van der Waals surface area contributed by atoms with Crippen LogP contribution in [0.5, 0.6) is 5.75 Å². The van der Waals surface area contributed by atoms with Gasteiger partial charge in [0.05, 0.1) is 4.92 Å². The third-order valence-electron chi connectivity index (χ3n) is 4.66. The number of nitrogens with one attached hydrogen (secondary N) is 2. The van der Waals surface area contributed by atoms with Gasteiger partial charge in [0.2, 0.25) is 0 Å². The molecular formula is C25H27N3O8. The quantitative estimate of drug-likeness (QED) is 0.131. The minimum atomic E-state index is -0.966. The summed E-state index contributed by atoms with van der Waals surface area (Å²) >= 11 is 0. The Morgan fingerprint density at radius 2 is 1.69 bits per heavy atom. The average Bonchev–Trinajstić information content (AvgIpc) is 2.86. The highest BCUT2D eigenvalue weighted by Crippen LogP contribution is 2.18. The summed E-state index contributed by atoms with van der Waals surface area (Å²) in [5.74, 6) is -0.264. The van der Waals surface area contributed by atoms with Gasteiger partial charge in [0.25, 0.3) is 5.69 Å². The lowest BCUT2D eigenvalue weighted by Gasteiger charge is -2.17. The van der Waals surface area contributed by atoms with E-state index in [1.807, 2.05) is 0 Å². The van der Waals surface area contributed by atoms with E-state index in [-0.39, 0.29) is 43.1 Å². The van der Waals surface area contributed by atoms with E-state index in [1.165, 1.54) is 30.3 Å². The molecule has 0 saturated heterocycles. The van der Waals surface area contributed by atoms with Crippen LogP contribution < -0.4 is 15.4 Å². The summed E-state index contributed by atoms with van der Waals surface area (Å²) in [5, 5.41) is 16.1. The van der Waals surface area contributed by atoms with Gasteiger partial charge in [0.1, 0.15) is 19.0 Å². The topological polar surface area (TPSA) is 146 Å². The normalized spacial score (nSPS) is 10.9. The van der Waals surface area contributed by atoms with E-state index in [0.717, 1.165) is 0 Å². The third-order valence-corrected chi connectivity index (χ3v) is 4.66. The highest BCUT2D eigenvalue weighted by molar-refractivity contribution is 5.89. The van der Waals surface area contributed by atoms with Gasteiger partial charge in [-0.05, 0) is 42.7 Å². The van der Waals surface area contributed by atoms with Crippen LogP contribution in [-0.2, 0) is 20.9 Å². The van der Waals surface area contributed by atoms with Crippen LogP contribution in [0.25, 0.3) is 0 Å². The number of carbonyl (C=O) groups is 3. The smallest absolute Gasteiger partial charge is 0.461 e. The van der Waals surface area contributed by atoms with Crippen LogP contribution in [0.1, 0.15) is 24.8 Å². The first-order valence-corrected chi connectivity index (χ1v) is 10.9.